The Morgan fingerprint density at radius 1 is 1.50 bits per heavy atom. The van der Waals surface area contributed by atoms with Gasteiger partial charge in [-0.2, -0.15) is 11.3 Å². The lowest BCUT2D eigenvalue weighted by molar-refractivity contribution is -0.137. The SMILES string of the molecule is Cc1cscc1-c1nnc(CC(C)CC(=O)O)o1. The van der Waals surface area contributed by atoms with Crippen molar-refractivity contribution in [1.82, 2.24) is 10.2 Å². The van der Waals surface area contributed by atoms with Gasteiger partial charge in [0.15, 0.2) is 0 Å². The summed E-state index contributed by atoms with van der Waals surface area (Å²) in [7, 11) is 0. The second-order valence-electron chi connectivity index (χ2n) is 4.38. The highest BCUT2D eigenvalue weighted by Crippen LogP contribution is 2.26. The van der Waals surface area contributed by atoms with E-state index in [9.17, 15) is 4.79 Å². The van der Waals surface area contributed by atoms with E-state index in [0.717, 1.165) is 11.1 Å². The summed E-state index contributed by atoms with van der Waals surface area (Å²) in [4.78, 5) is 10.6. The summed E-state index contributed by atoms with van der Waals surface area (Å²) in [5.41, 5.74) is 2.05. The third kappa shape index (κ3) is 2.95. The molecule has 96 valence electrons. The average molecular weight is 266 g/mol. The highest BCUT2D eigenvalue weighted by molar-refractivity contribution is 7.08. The van der Waals surface area contributed by atoms with Crippen molar-refractivity contribution in [2.24, 2.45) is 5.92 Å². The van der Waals surface area contributed by atoms with Crippen LogP contribution in [0, 0.1) is 12.8 Å². The molecule has 2 aromatic rings. The number of carboxylic acid groups (broad SMARTS) is 1. The van der Waals surface area contributed by atoms with Crippen LogP contribution < -0.4 is 0 Å². The Balaban J connectivity index is 2.07. The van der Waals surface area contributed by atoms with Gasteiger partial charge in [0.2, 0.25) is 11.8 Å². The number of hydrogen-bond donors (Lipinski definition) is 1. The van der Waals surface area contributed by atoms with Crippen molar-refractivity contribution in [2.45, 2.75) is 26.7 Å². The fourth-order valence-electron chi connectivity index (χ4n) is 1.69. The van der Waals surface area contributed by atoms with Gasteiger partial charge in [-0.25, -0.2) is 0 Å². The van der Waals surface area contributed by atoms with Crippen LogP contribution in [0.25, 0.3) is 11.5 Å². The van der Waals surface area contributed by atoms with E-state index in [1.54, 1.807) is 11.3 Å². The summed E-state index contributed by atoms with van der Waals surface area (Å²) in [6, 6.07) is 0. The highest BCUT2D eigenvalue weighted by Gasteiger charge is 2.15. The summed E-state index contributed by atoms with van der Waals surface area (Å²) in [5.74, 6) is 0.172. The zero-order chi connectivity index (χ0) is 13.1. The Morgan fingerprint density at radius 2 is 2.28 bits per heavy atom. The lowest BCUT2D eigenvalue weighted by atomic mass is 10.0. The van der Waals surface area contributed by atoms with Crippen molar-refractivity contribution in [3.63, 3.8) is 0 Å². The number of aromatic nitrogens is 2. The van der Waals surface area contributed by atoms with Gasteiger partial charge in [0, 0.05) is 18.2 Å². The van der Waals surface area contributed by atoms with Gasteiger partial charge in [0.1, 0.15) is 0 Å². The van der Waals surface area contributed by atoms with E-state index in [-0.39, 0.29) is 12.3 Å². The van der Waals surface area contributed by atoms with E-state index in [1.165, 1.54) is 0 Å². The van der Waals surface area contributed by atoms with Gasteiger partial charge in [-0.15, -0.1) is 10.2 Å². The first-order valence-electron chi connectivity index (χ1n) is 5.63. The number of rotatable bonds is 5. The largest absolute Gasteiger partial charge is 0.481 e. The van der Waals surface area contributed by atoms with Crippen molar-refractivity contribution >= 4 is 17.3 Å². The maximum Gasteiger partial charge on any atom is 0.303 e. The number of hydrogen-bond acceptors (Lipinski definition) is 5. The van der Waals surface area contributed by atoms with E-state index in [2.05, 4.69) is 10.2 Å². The molecule has 0 bridgehead atoms. The maximum atomic E-state index is 10.6. The molecule has 1 unspecified atom stereocenters. The standard InChI is InChI=1S/C12H14N2O3S/c1-7(4-11(15)16)3-10-13-14-12(17-10)9-6-18-5-8(9)2/h5-7H,3-4H2,1-2H3,(H,15,16). The predicted octanol–water partition coefficient (Wildman–Crippen LogP) is 2.76. The number of aryl methyl sites for hydroxylation is 1. The fourth-order valence-corrected chi connectivity index (χ4v) is 2.51. The van der Waals surface area contributed by atoms with Crippen LogP contribution in [0.15, 0.2) is 15.2 Å². The minimum atomic E-state index is -0.809. The molecule has 0 saturated heterocycles. The summed E-state index contributed by atoms with van der Waals surface area (Å²) in [6.07, 6.45) is 0.595. The van der Waals surface area contributed by atoms with Gasteiger partial charge < -0.3 is 9.52 Å². The lowest BCUT2D eigenvalue weighted by Gasteiger charge is -2.03. The van der Waals surface area contributed by atoms with Gasteiger partial charge in [0.25, 0.3) is 0 Å². The molecular formula is C12H14N2O3S. The lowest BCUT2D eigenvalue weighted by Crippen LogP contribution is -2.07. The quantitative estimate of drug-likeness (QED) is 0.900. The smallest absolute Gasteiger partial charge is 0.303 e. The van der Waals surface area contributed by atoms with Crippen LogP contribution >= 0.6 is 11.3 Å². The second kappa shape index (κ2) is 5.30. The van der Waals surface area contributed by atoms with Gasteiger partial charge in [-0.05, 0) is 23.8 Å². The minimum absolute atomic E-state index is 0.0145. The first kappa shape index (κ1) is 12.8. The van der Waals surface area contributed by atoms with Crippen LogP contribution in [-0.4, -0.2) is 21.3 Å². The normalized spacial score (nSPS) is 12.6. The van der Waals surface area contributed by atoms with Crippen molar-refractivity contribution in [2.75, 3.05) is 0 Å². The molecule has 0 fully saturated rings. The predicted molar refractivity (Wildman–Crippen MR) is 67.5 cm³/mol. The Kier molecular flexibility index (Phi) is 3.76. The zero-order valence-electron chi connectivity index (χ0n) is 10.2. The van der Waals surface area contributed by atoms with Crippen LogP contribution in [0.5, 0.6) is 0 Å². The molecule has 0 aromatic carbocycles. The van der Waals surface area contributed by atoms with Crippen molar-refractivity contribution < 1.29 is 14.3 Å². The molecule has 5 nitrogen and oxygen atoms in total. The molecule has 0 aliphatic rings. The molecule has 0 spiro atoms. The number of aliphatic carboxylic acids is 1. The van der Waals surface area contributed by atoms with Crippen LogP contribution in [0.1, 0.15) is 24.8 Å². The van der Waals surface area contributed by atoms with E-state index in [1.807, 2.05) is 24.6 Å². The van der Waals surface area contributed by atoms with Crippen molar-refractivity contribution in [1.29, 1.82) is 0 Å². The number of thiophene rings is 1. The Bertz CT molecular complexity index is 547. The molecule has 0 amide bonds. The first-order chi connectivity index (χ1) is 8.56. The molecular weight excluding hydrogens is 252 g/mol. The third-order valence-electron chi connectivity index (χ3n) is 2.60. The van der Waals surface area contributed by atoms with Crippen LogP contribution in [0.2, 0.25) is 0 Å². The topological polar surface area (TPSA) is 76.2 Å². The first-order valence-corrected chi connectivity index (χ1v) is 6.58. The Labute approximate surface area is 108 Å². The Hall–Kier alpha value is -1.69. The van der Waals surface area contributed by atoms with Crippen molar-refractivity contribution in [3.05, 3.63) is 22.2 Å². The van der Waals surface area contributed by atoms with E-state index < -0.39 is 5.97 Å². The van der Waals surface area contributed by atoms with Gasteiger partial charge >= 0.3 is 5.97 Å². The third-order valence-corrected chi connectivity index (χ3v) is 3.46. The molecule has 18 heavy (non-hydrogen) atoms. The number of carbonyl (C=O) groups is 1. The van der Waals surface area contributed by atoms with Crippen LogP contribution in [0.3, 0.4) is 0 Å². The van der Waals surface area contributed by atoms with Crippen LogP contribution in [0.4, 0.5) is 0 Å². The second-order valence-corrected chi connectivity index (χ2v) is 5.12. The zero-order valence-corrected chi connectivity index (χ0v) is 11.0. The van der Waals surface area contributed by atoms with E-state index >= 15 is 0 Å². The number of carboxylic acids is 1. The van der Waals surface area contributed by atoms with E-state index in [0.29, 0.717) is 18.2 Å². The molecule has 2 heterocycles. The molecule has 0 radical (unpaired) electrons. The van der Waals surface area contributed by atoms with Crippen LogP contribution in [-0.2, 0) is 11.2 Å². The molecule has 0 aliphatic carbocycles. The molecule has 0 aliphatic heterocycles. The van der Waals surface area contributed by atoms with Gasteiger partial charge in [-0.3, -0.25) is 4.79 Å². The molecule has 2 rings (SSSR count). The highest BCUT2D eigenvalue weighted by atomic mass is 32.1. The summed E-state index contributed by atoms with van der Waals surface area (Å²) < 4.78 is 5.55. The molecule has 0 saturated carbocycles. The number of nitrogens with zero attached hydrogens (tertiary/aromatic N) is 2. The summed E-state index contributed by atoms with van der Waals surface area (Å²) in [5, 5.41) is 20.6. The van der Waals surface area contributed by atoms with Gasteiger partial charge in [-0.1, -0.05) is 6.92 Å². The summed E-state index contributed by atoms with van der Waals surface area (Å²) in [6.45, 7) is 3.84. The maximum absolute atomic E-state index is 10.6. The fraction of sp³-hybridized carbons (Fsp3) is 0.417. The molecule has 1 N–H and O–H groups in total. The molecule has 2 aromatic heterocycles. The average Bonchev–Trinajstić information content (AvgIpc) is 2.85. The Morgan fingerprint density at radius 3 is 2.89 bits per heavy atom. The van der Waals surface area contributed by atoms with E-state index in [4.69, 9.17) is 9.52 Å². The minimum Gasteiger partial charge on any atom is -0.481 e. The molecule has 6 heteroatoms. The summed E-state index contributed by atoms with van der Waals surface area (Å²) >= 11 is 1.59. The molecule has 1 atom stereocenters. The monoisotopic (exact) mass is 266 g/mol. The van der Waals surface area contributed by atoms with Crippen molar-refractivity contribution in [3.8, 4) is 11.5 Å². The van der Waals surface area contributed by atoms with Gasteiger partial charge in [0.05, 0.1) is 5.56 Å².